The van der Waals surface area contributed by atoms with Gasteiger partial charge in [0.25, 0.3) is 0 Å². The second-order valence-electron chi connectivity index (χ2n) is 4.81. The van der Waals surface area contributed by atoms with E-state index in [1.54, 1.807) is 0 Å². The number of nitrogens with zero attached hydrogens (tertiary/aromatic N) is 1. The lowest BCUT2D eigenvalue weighted by Gasteiger charge is -2.25. The highest BCUT2D eigenvalue weighted by Gasteiger charge is 2.40. The highest BCUT2D eigenvalue weighted by molar-refractivity contribution is 5.71. The van der Waals surface area contributed by atoms with Crippen molar-refractivity contribution in [2.75, 3.05) is 19.7 Å². The van der Waals surface area contributed by atoms with E-state index >= 15 is 0 Å². The predicted molar refractivity (Wildman–Crippen MR) is 55.7 cm³/mol. The van der Waals surface area contributed by atoms with Crippen LogP contribution in [0.1, 0.15) is 20.3 Å². The highest BCUT2D eigenvalue weighted by Crippen LogP contribution is 2.29. The summed E-state index contributed by atoms with van der Waals surface area (Å²) in [5.41, 5.74) is 0. The van der Waals surface area contributed by atoms with Crippen molar-refractivity contribution in [2.45, 2.75) is 32.4 Å². The minimum atomic E-state index is -0.656. The summed E-state index contributed by atoms with van der Waals surface area (Å²) in [7, 11) is 0. The molecule has 15 heavy (non-hydrogen) atoms. The molecule has 0 aromatic heterocycles. The Balaban J connectivity index is 1.99. The number of ether oxygens (including phenoxy) is 1. The van der Waals surface area contributed by atoms with E-state index in [0.29, 0.717) is 12.6 Å². The van der Waals surface area contributed by atoms with Gasteiger partial charge in [-0.3, -0.25) is 9.69 Å². The minimum Gasteiger partial charge on any atom is -0.481 e. The molecule has 0 radical (unpaired) electrons. The van der Waals surface area contributed by atoms with Crippen molar-refractivity contribution in [2.24, 2.45) is 11.8 Å². The van der Waals surface area contributed by atoms with Crippen LogP contribution in [0.15, 0.2) is 0 Å². The first-order valence-corrected chi connectivity index (χ1v) is 5.68. The fourth-order valence-corrected chi connectivity index (χ4v) is 2.80. The van der Waals surface area contributed by atoms with Crippen LogP contribution in [0, 0.1) is 11.8 Å². The standard InChI is InChI=1S/C11H19NO3/c1-7-5-12(6-9(7)11(13)14)10-3-4-15-8(10)2/h7-10H,3-6H2,1-2H3,(H,13,14). The summed E-state index contributed by atoms with van der Waals surface area (Å²) in [6.45, 7) is 6.51. The molecule has 0 spiro atoms. The maximum Gasteiger partial charge on any atom is 0.308 e. The van der Waals surface area contributed by atoms with Crippen LogP contribution in [0.2, 0.25) is 0 Å². The second-order valence-corrected chi connectivity index (χ2v) is 4.81. The molecule has 4 heteroatoms. The van der Waals surface area contributed by atoms with E-state index in [4.69, 9.17) is 9.84 Å². The van der Waals surface area contributed by atoms with E-state index < -0.39 is 5.97 Å². The monoisotopic (exact) mass is 213 g/mol. The van der Waals surface area contributed by atoms with Crippen LogP contribution >= 0.6 is 0 Å². The van der Waals surface area contributed by atoms with Crippen molar-refractivity contribution in [3.05, 3.63) is 0 Å². The molecule has 0 saturated carbocycles. The first-order valence-electron chi connectivity index (χ1n) is 5.68. The lowest BCUT2D eigenvalue weighted by Crippen LogP contribution is -2.38. The maximum atomic E-state index is 11.0. The second kappa shape index (κ2) is 4.10. The van der Waals surface area contributed by atoms with Crippen LogP contribution in [-0.4, -0.2) is 47.8 Å². The summed E-state index contributed by atoms with van der Waals surface area (Å²) in [5, 5.41) is 9.05. The zero-order valence-electron chi connectivity index (χ0n) is 9.35. The number of carboxylic acid groups (broad SMARTS) is 1. The predicted octanol–water partition coefficient (Wildman–Crippen LogP) is 0.816. The number of hydrogen-bond acceptors (Lipinski definition) is 3. The van der Waals surface area contributed by atoms with Gasteiger partial charge in [-0.1, -0.05) is 6.92 Å². The van der Waals surface area contributed by atoms with E-state index in [9.17, 15) is 4.79 Å². The molecule has 0 aromatic carbocycles. The largest absolute Gasteiger partial charge is 0.481 e. The number of rotatable bonds is 2. The Morgan fingerprint density at radius 3 is 2.60 bits per heavy atom. The number of carboxylic acids is 1. The fourth-order valence-electron chi connectivity index (χ4n) is 2.80. The van der Waals surface area contributed by atoms with Gasteiger partial charge in [0.2, 0.25) is 0 Å². The number of likely N-dealkylation sites (tertiary alicyclic amines) is 1. The van der Waals surface area contributed by atoms with Gasteiger partial charge >= 0.3 is 5.97 Å². The Kier molecular flexibility index (Phi) is 2.98. The van der Waals surface area contributed by atoms with Crippen LogP contribution in [0.25, 0.3) is 0 Å². The van der Waals surface area contributed by atoms with Gasteiger partial charge in [0.1, 0.15) is 0 Å². The summed E-state index contributed by atoms with van der Waals surface area (Å²) in [6.07, 6.45) is 1.30. The van der Waals surface area contributed by atoms with E-state index in [-0.39, 0.29) is 17.9 Å². The normalized spacial score (nSPS) is 42.3. The van der Waals surface area contributed by atoms with Crippen molar-refractivity contribution in [3.8, 4) is 0 Å². The molecule has 2 aliphatic heterocycles. The summed E-state index contributed by atoms with van der Waals surface area (Å²) in [4.78, 5) is 13.3. The van der Waals surface area contributed by atoms with Gasteiger partial charge in [-0.05, 0) is 19.3 Å². The molecule has 2 fully saturated rings. The zero-order valence-corrected chi connectivity index (χ0v) is 9.35. The van der Waals surface area contributed by atoms with E-state index in [1.807, 2.05) is 6.92 Å². The maximum absolute atomic E-state index is 11.0. The van der Waals surface area contributed by atoms with Gasteiger partial charge in [0, 0.05) is 25.7 Å². The molecule has 4 nitrogen and oxygen atoms in total. The van der Waals surface area contributed by atoms with Crippen LogP contribution in [0.3, 0.4) is 0 Å². The van der Waals surface area contributed by atoms with Gasteiger partial charge < -0.3 is 9.84 Å². The molecule has 4 unspecified atom stereocenters. The Hall–Kier alpha value is -0.610. The van der Waals surface area contributed by atoms with Gasteiger partial charge in [-0.2, -0.15) is 0 Å². The summed E-state index contributed by atoms with van der Waals surface area (Å²) < 4.78 is 5.52. The highest BCUT2D eigenvalue weighted by atomic mass is 16.5. The molecule has 2 aliphatic rings. The summed E-state index contributed by atoms with van der Waals surface area (Å²) >= 11 is 0. The van der Waals surface area contributed by atoms with Crippen molar-refractivity contribution in [3.63, 3.8) is 0 Å². The van der Waals surface area contributed by atoms with Crippen LogP contribution in [0.4, 0.5) is 0 Å². The molecule has 86 valence electrons. The zero-order chi connectivity index (χ0) is 11.0. The van der Waals surface area contributed by atoms with Crippen LogP contribution in [0.5, 0.6) is 0 Å². The van der Waals surface area contributed by atoms with Crippen molar-refractivity contribution in [1.82, 2.24) is 4.90 Å². The molecule has 1 N–H and O–H groups in total. The first kappa shape index (κ1) is 10.9. The molecule has 0 amide bonds. The van der Waals surface area contributed by atoms with E-state index in [1.165, 1.54) is 0 Å². The summed E-state index contributed by atoms with van der Waals surface area (Å²) in [5.74, 6) is -0.593. The number of aliphatic carboxylic acids is 1. The molecule has 2 saturated heterocycles. The Bertz CT molecular complexity index is 256. The number of carbonyl (C=O) groups is 1. The lowest BCUT2D eigenvalue weighted by atomic mass is 9.99. The third-order valence-electron chi connectivity index (χ3n) is 3.76. The first-order chi connectivity index (χ1) is 7.09. The van der Waals surface area contributed by atoms with E-state index in [0.717, 1.165) is 19.6 Å². The van der Waals surface area contributed by atoms with Gasteiger partial charge in [0.05, 0.1) is 12.0 Å². The molecular formula is C11H19NO3. The van der Waals surface area contributed by atoms with E-state index in [2.05, 4.69) is 11.8 Å². The molecule has 2 heterocycles. The summed E-state index contributed by atoms with van der Waals surface area (Å²) in [6, 6.07) is 0.428. The average molecular weight is 213 g/mol. The van der Waals surface area contributed by atoms with Crippen molar-refractivity contribution >= 4 is 5.97 Å². The molecule has 4 atom stereocenters. The SMILES string of the molecule is CC1CN(C2CCOC2C)CC1C(=O)O. The van der Waals surface area contributed by atoms with Crippen molar-refractivity contribution in [1.29, 1.82) is 0 Å². The van der Waals surface area contributed by atoms with Gasteiger partial charge in [0.15, 0.2) is 0 Å². The molecule has 0 aliphatic carbocycles. The van der Waals surface area contributed by atoms with Crippen LogP contribution < -0.4 is 0 Å². The van der Waals surface area contributed by atoms with Gasteiger partial charge in [-0.15, -0.1) is 0 Å². The van der Waals surface area contributed by atoms with Crippen molar-refractivity contribution < 1.29 is 14.6 Å². The van der Waals surface area contributed by atoms with Gasteiger partial charge in [-0.25, -0.2) is 0 Å². The topological polar surface area (TPSA) is 49.8 Å². The quantitative estimate of drug-likeness (QED) is 0.737. The molecule has 0 aromatic rings. The molecular weight excluding hydrogens is 194 g/mol. The Labute approximate surface area is 90.2 Å². The average Bonchev–Trinajstić information content (AvgIpc) is 2.71. The van der Waals surface area contributed by atoms with Crippen LogP contribution in [-0.2, 0) is 9.53 Å². The fraction of sp³-hybridized carbons (Fsp3) is 0.909. The smallest absolute Gasteiger partial charge is 0.308 e. The molecule has 2 rings (SSSR count). The Morgan fingerprint density at radius 1 is 1.40 bits per heavy atom. The minimum absolute atomic E-state index is 0.196. The third-order valence-corrected chi connectivity index (χ3v) is 3.76. The molecule has 0 bridgehead atoms. The Morgan fingerprint density at radius 2 is 2.13 bits per heavy atom. The number of hydrogen-bond donors (Lipinski definition) is 1. The third kappa shape index (κ3) is 2.01. The lowest BCUT2D eigenvalue weighted by molar-refractivity contribution is -0.142.